The molecule has 1 aliphatic heterocycles. The molecule has 0 bridgehead atoms. The molecule has 1 saturated heterocycles. The molecule has 4 nitrogen and oxygen atoms in total. The molecule has 3 rings (SSSR count). The molecule has 1 unspecified atom stereocenters. The molecule has 2 fully saturated rings. The fourth-order valence-electron chi connectivity index (χ4n) is 3.90. The Morgan fingerprint density at radius 3 is 2.54 bits per heavy atom. The molecule has 1 aromatic rings. The molecule has 1 heterocycles. The van der Waals surface area contributed by atoms with Gasteiger partial charge in [0.15, 0.2) is 0 Å². The van der Waals surface area contributed by atoms with Gasteiger partial charge in [-0.15, -0.1) is 0 Å². The van der Waals surface area contributed by atoms with E-state index in [4.69, 9.17) is 0 Å². The summed E-state index contributed by atoms with van der Waals surface area (Å²) >= 11 is 0. The van der Waals surface area contributed by atoms with Crippen LogP contribution >= 0.6 is 0 Å². The van der Waals surface area contributed by atoms with Gasteiger partial charge in [0.05, 0.1) is 11.5 Å². The number of alkyl halides is 3. The number of hydrogen-bond donors (Lipinski definition) is 1. The number of benzene rings is 1. The third kappa shape index (κ3) is 4.02. The van der Waals surface area contributed by atoms with Crippen molar-refractivity contribution in [3.8, 4) is 0 Å². The zero-order valence-corrected chi connectivity index (χ0v) is 14.5. The van der Waals surface area contributed by atoms with Crippen molar-refractivity contribution in [1.29, 1.82) is 0 Å². The number of rotatable bonds is 5. The van der Waals surface area contributed by atoms with Gasteiger partial charge in [-0.3, -0.25) is 9.59 Å². The molecule has 2 aliphatic rings. The van der Waals surface area contributed by atoms with E-state index in [1.54, 1.807) is 17.9 Å². The Kier molecular flexibility index (Phi) is 4.99. The lowest BCUT2D eigenvalue weighted by molar-refractivity contribution is -0.143. The second-order valence-corrected chi connectivity index (χ2v) is 7.49. The van der Waals surface area contributed by atoms with Gasteiger partial charge in [-0.25, -0.2) is 0 Å². The molecular weight excluding hydrogens is 347 g/mol. The fourth-order valence-corrected chi connectivity index (χ4v) is 3.90. The van der Waals surface area contributed by atoms with E-state index in [-0.39, 0.29) is 24.8 Å². The van der Waals surface area contributed by atoms with Crippen LogP contribution in [0.5, 0.6) is 0 Å². The molecule has 0 radical (unpaired) electrons. The number of carboxylic acid groups (broad SMARTS) is 1. The van der Waals surface area contributed by atoms with Gasteiger partial charge in [-0.05, 0) is 42.7 Å². The van der Waals surface area contributed by atoms with E-state index in [0.717, 1.165) is 25.0 Å². The predicted molar refractivity (Wildman–Crippen MR) is 88.2 cm³/mol. The van der Waals surface area contributed by atoms with Crippen LogP contribution in [-0.4, -0.2) is 35.0 Å². The molecular formula is C19H22F3NO3. The maximum Gasteiger partial charge on any atom is 0.416 e. The zero-order valence-electron chi connectivity index (χ0n) is 14.5. The van der Waals surface area contributed by atoms with E-state index in [9.17, 15) is 27.9 Å². The number of nitrogens with zero attached hydrogens (tertiary/aromatic N) is 1. The van der Waals surface area contributed by atoms with Crippen molar-refractivity contribution in [2.24, 2.45) is 23.7 Å². The maximum absolute atomic E-state index is 12.8. The summed E-state index contributed by atoms with van der Waals surface area (Å²) in [7, 11) is 0. The molecule has 1 amide bonds. The topological polar surface area (TPSA) is 57.6 Å². The van der Waals surface area contributed by atoms with Crippen LogP contribution in [0.1, 0.15) is 30.9 Å². The van der Waals surface area contributed by atoms with Crippen molar-refractivity contribution >= 4 is 11.9 Å². The van der Waals surface area contributed by atoms with Crippen LogP contribution in [-0.2, 0) is 22.2 Å². The molecule has 3 atom stereocenters. The molecule has 7 heteroatoms. The van der Waals surface area contributed by atoms with Crippen molar-refractivity contribution < 1.29 is 27.9 Å². The van der Waals surface area contributed by atoms with E-state index in [1.807, 2.05) is 0 Å². The summed E-state index contributed by atoms with van der Waals surface area (Å²) in [4.78, 5) is 25.7. The Morgan fingerprint density at radius 1 is 1.27 bits per heavy atom. The van der Waals surface area contributed by atoms with Gasteiger partial charge in [0.2, 0.25) is 5.91 Å². The highest BCUT2D eigenvalue weighted by atomic mass is 19.4. The lowest BCUT2D eigenvalue weighted by Gasteiger charge is -2.21. The van der Waals surface area contributed by atoms with E-state index in [1.165, 1.54) is 6.07 Å². The van der Waals surface area contributed by atoms with E-state index in [2.05, 4.69) is 0 Å². The monoisotopic (exact) mass is 369 g/mol. The number of amides is 1. The first kappa shape index (κ1) is 18.7. The van der Waals surface area contributed by atoms with E-state index >= 15 is 0 Å². The fraction of sp³-hybridized carbons (Fsp3) is 0.579. The molecule has 0 aromatic heterocycles. The van der Waals surface area contributed by atoms with Crippen LogP contribution in [0.25, 0.3) is 0 Å². The first-order valence-corrected chi connectivity index (χ1v) is 8.84. The molecule has 26 heavy (non-hydrogen) atoms. The summed E-state index contributed by atoms with van der Waals surface area (Å²) in [6.07, 6.45) is -2.19. The number of carboxylic acids is 1. The standard InChI is InChI=1S/C19H22F3NO3/c1-11(7-12-3-2-4-14(8-12)19(20,21)22)17(24)23-9-15(13-5-6-13)16(10-23)18(25)26/h2-4,8,11,13,15-16H,5-7,9-10H2,1H3,(H,25,26)/t11?,15-,16+/m1/s1. The first-order valence-electron chi connectivity index (χ1n) is 8.84. The molecule has 1 aromatic carbocycles. The third-order valence-electron chi connectivity index (χ3n) is 5.44. The number of carbonyl (C=O) groups excluding carboxylic acids is 1. The molecule has 142 valence electrons. The van der Waals surface area contributed by atoms with Crippen molar-refractivity contribution in [3.05, 3.63) is 35.4 Å². The van der Waals surface area contributed by atoms with Crippen LogP contribution in [0, 0.1) is 23.7 Å². The Bertz CT molecular complexity index is 700. The summed E-state index contributed by atoms with van der Waals surface area (Å²) in [5.41, 5.74) is -0.274. The van der Waals surface area contributed by atoms with Crippen molar-refractivity contribution in [2.45, 2.75) is 32.4 Å². The average Bonchev–Trinajstić information content (AvgIpc) is 3.31. The van der Waals surface area contributed by atoms with E-state index < -0.39 is 29.5 Å². The minimum Gasteiger partial charge on any atom is -0.481 e. The highest BCUT2D eigenvalue weighted by Crippen LogP contribution is 2.44. The number of hydrogen-bond acceptors (Lipinski definition) is 2. The van der Waals surface area contributed by atoms with Gasteiger partial charge in [-0.2, -0.15) is 13.2 Å². The minimum absolute atomic E-state index is 0.00259. The average molecular weight is 369 g/mol. The SMILES string of the molecule is CC(Cc1cccc(C(F)(F)F)c1)C(=O)N1C[C@H](C(=O)O)[C@@H](C2CC2)C1. The van der Waals surface area contributed by atoms with Gasteiger partial charge in [0.25, 0.3) is 0 Å². The Balaban J connectivity index is 1.66. The predicted octanol–water partition coefficient (Wildman–Crippen LogP) is 3.45. The van der Waals surface area contributed by atoms with Gasteiger partial charge in [0.1, 0.15) is 0 Å². The summed E-state index contributed by atoms with van der Waals surface area (Å²) in [6, 6.07) is 5.00. The molecule has 1 aliphatic carbocycles. The maximum atomic E-state index is 12.8. The quantitative estimate of drug-likeness (QED) is 0.865. The van der Waals surface area contributed by atoms with Crippen molar-refractivity contribution in [1.82, 2.24) is 4.90 Å². The van der Waals surface area contributed by atoms with E-state index in [0.29, 0.717) is 18.0 Å². The van der Waals surface area contributed by atoms with Gasteiger partial charge in [-0.1, -0.05) is 25.1 Å². The second-order valence-electron chi connectivity index (χ2n) is 7.49. The van der Waals surface area contributed by atoms with Gasteiger partial charge in [0, 0.05) is 19.0 Å². The Hall–Kier alpha value is -2.05. The first-order chi connectivity index (χ1) is 12.2. The number of likely N-dealkylation sites (tertiary alicyclic amines) is 1. The lowest BCUT2D eigenvalue weighted by atomic mass is 9.92. The number of halogens is 3. The highest BCUT2D eigenvalue weighted by molar-refractivity contribution is 5.81. The molecule has 1 saturated carbocycles. The smallest absolute Gasteiger partial charge is 0.416 e. The zero-order chi connectivity index (χ0) is 19.1. The Morgan fingerprint density at radius 2 is 1.96 bits per heavy atom. The number of carbonyl (C=O) groups is 2. The van der Waals surface area contributed by atoms with Crippen LogP contribution in [0.15, 0.2) is 24.3 Å². The van der Waals surface area contributed by atoms with Crippen LogP contribution in [0.2, 0.25) is 0 Å². The van der Waals surface area contributed by atoms with Gasteiger partial charge >= 0.3 is 12.1 Å². The second kappa shape index (κ2) is 6.93. The summed E-state index contributed by atoms with van der Waals surface area (Å²) in [6.45, 7) is 2.32. The van der Waals surface area contributed by atoms with Crippen LogP contribution < -0.4 is 0 Å². The normalized spacial score (nSPS) is 24.5. The van der Waals surface area contributed by atoms with Crippen LogP contribution in [0.4, 0.5) is 13.2 Å². The lowest BCUT2D eigenvalue weighted by Crippen LogP contribution is -2.35. The Labute approximate surface area is 150 Å². The summed E-state index contributed by atoms with van der Waals surface area (Å²) in [5.74, 6) is -1.71. The van der Waals surface area contributed by atoms with Crippen molar-refractivity contribution in [2.75, 3.05) is 13.1 Å². The minimum atomic E-state index is -4.41. The largest absolute Gasteiger partial charge is 0.481 e. The summed E-state index contributed by atoms with van der Waals surface area (Å²) in [5, 5.41) is 9.40. The van der Waals surface area contributed by atoms with Crippen LogP contribution in [0.3, 0.4) is 0 Å². The molecule has 1 N–H and O–H groups in total. The summed E-state index contributed by atoms with van der Waals surface area (Å²) < 4.78 is 38.5. The molecule has 0 spiro atoms. The highest BCUT2D eigenvalue weighted by Gasteiger charge is 2.47. The number of aliphatic carboxylic acids is 1. The third-order valence-corrected chi connectivity index (χ3v) is 5.44. The van der Waals surface area contributed by atoms with Gasteiger partial charge < -0.3 is 10.0 Å². The van der Waals surface area contributed by atoms with Crippen molar-refractivity contribution in [3.63, 3.8) is 0 Å².